The highest BCUT2D eigenvalue weighted by molar-refractivity contribution is 5.36. The quantitative estimate of drug-likeness (QED) is 0.720. The van der Waals surface area contributed by atoms with Gasteiger partial charge in [0.2, 0.25) is 0 Å². The van der Waals surface area contributed by atoms with Crippen molar-refractivity contribution < 1.29 is 5.11 Å². The molecule has 90 valence electrons. The number of hydrogen-bond acceptors (Lipinski definition) is 1. The van der Waals surface area contributed by atoms with E-state index in [9.17, 15) is 5.11 Å². The molecule has 5 saturated carbocycles. The van der Waals surface area contributed by atoms with Crippen LogP contribution in [0.4, 0.5) is 0 Å². The Morgan fingerprint density at radius 2 is 1.75 bits per heavy atom. The van der Waals surface area contributed by atoms with Crippen molar-refractivity contribution in [3.8, 4) is 0 Å². The standard InChI is InChI=1S/C15H24O/c1-8(2)15(16)6-5-13(3)9-7-10-11(12(9)15)14(10,13)4/h8-12,16H,5-7H2,1-4H3/t9-,10+,11-,12-,13-,14+,15-/m1/s1. The van der Waals surface area contributed by atoms with Crippen molar-refractivity contribution in [2.24, 2.45) is 40.4 Å². The van der Waals surface area contributed by atoms with Crippen LogP contribution in [0.3, 0.4) is 0 Å². The van der Waals surface area contributed by atoms with Gasteiger partial charge in [-0.2, -0.15) is 0 Å². The molecule has 0 radical (unpaired) electrons. The summed E-state index contributed by atoms with van der Waals surface area (Å²) < 4.78 is 0. The van der Waals surface area contributed by atoms with Crippen molar-refractivity contribution >= 4 is 0 Å². The third kappa shape index (κ3) is 0.652. The summed E-state index contributed by atoms with van der Waals surface area (Å²) in [6.07, 6.45) is 3.75. The van der Waals surface area contributed by atoms with E-state index < -0.39 is 0 Å². The van der Waals surface area contributed by atoms with Crippen LogP contribution in [-0.4, -0.2) is 10.7 Å². The highest BCUT2D eigenvalue weighted by Gasteiger charge is 2.88. The summed E-state index contributed by atoms with van der Waals surface area (Å²) in [5.41, 5.74) is 0.855. The minimum atomic E-state index is -0.335. The van der Waals surface area contributed by atoms with Gasteiger partial charge in [-0.05, 0) is 59.7 Å². The maximum atomic E-state index is 11.1. The van der Waals surface area contributed by atoms with Crippen LogP contribution < -0.4 is 0 Å². The first-order chi connectivity index (χ1) is 7.37. The van der Waals surface area contributed by atoms with Crippen LogP contribution in [0.5, 0.6) is 0 Å². The molecular weight excluding hydrogens is 196 g/mol. The van der Waals surface area contributed by atoms with Gasteiger partial charge in [0.05, 0.1) is 5.60 Å². The fourth-order valence-corrected chi connectivity index (χ4v) is 6.60. The maximum absolute atomic E-state index is 11.1. The van der Waals surface area contributed by atoms with Gasteiger partial charge in [0.25, 0.3) is 0 Å². The van der Waals surface area contributed by atoms with Crippen LogP contribution in [0.2, 0.25) is 0 Å². The molecule has 0 aromatic rings. The molecule has 0 aromatic carbocycles. The third-order valence-corrected chi connectivity index (χ3v) is 7.79. The molecule has 0 aliphatic heterocycles. The van der Waals surface area contributed by atoms with Crippen molar-refractivity contribution in [2.75, 3.05) is 0 Å². The second-order valence-electron chi connectivity index (χ2n) is 7.85. The van der Waals surface area contributed by atoms with Crippen molar-refractivity contribution in [3.05, 3.63) is 0 Å². The zero-order valence-electron chi connectivity index (χ0n) is 11.0. The van der Waals surface area contributed by atoms with E-state index in [0.717, 1.165) is 24.2 Å². The highest BCUT2D eigenvalue weighted by atomic mass is 16.3. The zero-order valence-corrected chi connectivity index (χ0v) is 11.0. The maximum Gasteiger partial charge on any atom is 0.0704 e. The van der Waals surface area contributed by atoms with E-state index in [1.54, 1.807) is 0 Å². The molecule has 1 nitrogen and oxygen atoms in total. The lowest BCUT2D eigenvalue weighted by Gasteiger charge is -2.49. The number of aliphatic hydroxyl groups is 1. The molecule has 16 heavy (non-hydrogen) atoms. The topological polar surface area (TPSA) is 20.2 Å². The van der Waals surface area contributed by atoms with E-state index in [2.05, 4.69) is 27.7 Å². The summed E-state index contributed by atoms with van der Waals surface area (Å²) in [6, 6.07) is 0. The Hall–Kier alpha value is -0.0400. The monoisotopic (exact) mass is 220 g/mol. The Bertz CT molecular complexity index is 376. The van der Waals surface area contributed by atoms with Crippen molar-refractivity contribution in [1.29, 1.82) is 0 Å². The lowest BCUT2D eigenvalue weighted by Crippen LogP contribution is -2.50. The Labute approximate surface area is 98.6 Å². The van der Waals surface area contributed by atoms with Crippen LogP contribution in [0.15, 0.2) is 0 Å². The first kappa shape index (κ1) is 9.94. The molecule has 0 spiro atoms. The predicted octanol–water partition coefficient (Wildman–Crippen LogP) is 3.08. The van der Waals surface area contributed by atoms with Crippen molar-refractivity contribution in [1.82, 2.24) is 0 Å². The van der Waals surface area contributed by atoms with Gasteiger partial charge < -0.3 is 5.11 Å². The lowest BCUT2D eigenvalue weighted by atomic mass is 9.59. The highest BCUT2D eigenvalue weighted by Crippen LogP contribution is 2.92. The summed E-state index contributed by atoms with van der Waals surface area (Å²) in [5.74, 6) is 3.76. The van der Waals surface area contributed by atoms with E-state index >= 15 is 0 Å². The van der Waals surface area contributed by atoms with Crippen molar-refractivity contribution in [3.63, 3.8) is 0 Å². The molecule has 6 bridgehead atoms. The SMILES string of the molecule is CC(C)[C@]1(O)CC[C@]2(C)[C@@H]3C[C@H]4[C@H]([C@@H]31)[C@]42C. The van der Waals surface area contributed by atoms with Crippen LogP contribution in [-0.2, 0) is 0 Å². The molecule has 0 aromatic heterocycles. The van der Waals surface area contributed by atoms with Gasteiger partial charge in [-0.15, -0.1) is 0 Å². The van der Waals surface area contributed by atoms with E-state index in [-0.39, 0.29) is 5.60 Å². The van der Waals surface area contributed by atoms with Gasteiger partial charge in [-0.3, -0.25) is 0 Å². The lowest BCUT2D eigenvalue weighted by molar-refractivity contribution is -0.118. The summed E-state index contributed by atoms with van der Waals surface area (Å²) in [6.45, 7) is 9.49. The molecule has 0 saturated heterocycles. The van der Waals surface area contributed by atoms with Gasteiger partial charge in [-0.25, -0.2) is 0 Å². The summed E-state index contributed by atoms with van der Waals surface area (Å²) >= 11 is 0. The average Bonchev–Trinajstić information content (AvgIpc) is 2.58. The molecule has 0 amide bonds. The van der Waals surface area contributed by atoms with Gasteiger partial charge in [0.15, 0.2) is 0 Å². The summed E-state index contributed by atoms with van der Waals surface area (Å²) in [7, 11) is 0. The summed E-state index contributed by atoms with van der Waals surface area (Å²) in [5, 5.41) is 11.1. The van der Waals surface area contributed by atoms with E-state index in [1.807, 2.05) is 0 Å². The van der Waals surface area contributed by atoms with Gasteiger partial charge >= 0.3 is 0 Å². The van der Waals surface area contributed by atoms with E-state index in [1.165, 1.54) is 12.8 Å². The Balaban J connectivity index is 1.84. The summed E-state index contributed by atoms with van der Waals surface area (Å²) in [4.78, 5) is 0. The molecule has 5 rings (SSSR count). The molecular formula is C15H24O. The van der Waals surface area contributed by atoms with Crippen molar-refractivity contribution in [2.45, 2.75) is 52.6 Å². The molecule has 0 unspecified atom stereocenters. The predicted molar refractivity (Wildman–Crippen MR) is 63.8 cm³/mol. The fourth-order valence-electron chi connectivity index (χ4n) is 6.60. The average molecular weight is 220 g/mol. The number of rotatable bonds is 1. The first-order valence-corrected chi connectivity index (χ1v) is 7.10. The number of hydrogen-bond donors (Lipinski definition) is 1. The van der Waals surface area contributed by atoms with Crippen LogP contribution in [0.1, 0.15) is 47.0 Å². The second kappa shape index (κ2) is 2.25. The van der Waals surface area contributed by atoms with E-state index in [0.29, 0.717) is 22.7 Å². The fraction of sp³-hybridized carbons (Fsp3) is 1.00. The molecule has 1 heteroatoms. The molecule has 7 atom stereocenters. The Kier molecular flexibility index (Phi) is 1.40. The van der Waals surface area contributed by atoms with Gasteiger partial charge in [0, 0.05) is 0 Å². The normalized spacial score (nSPS) is 70.1. The van der Waals surface area contributed by atoms with Gasteiger partial charge in [-0.1, -0.05) is 27.7 Å². The second-order valence-corrected chi connectivity index (χ2v) is 7.85. The molecule has 5 fully saturated rings. The van der Waals surface area contributed by atoms with E-state index in [4.69, 9.17) is 0 Å². The molecule has 5 aliphatic rings. The van der Waals surface area contributed by atoms with Gasteiger partial charge in [0.1, 0.15) is 0 Å². The smallest absolute Gasteiger partial charge is 0.0704 e. The first-order valence-electron chi connectivity index (χ1n) is 7.10. The van der Waals surface area contributed by atoms with Crippen LogP contribution in [0.25, 0.3) is 0 Å². The Morgan fingerprint density at radius 1 is 1.06 bits per heavy atom. The van der Waals surface area contributed by atoms with Crippen LogP contribution >= 0.6 is 0 Å². The zero-order chi connectivity index (χ0) is 11.5. The van der Waals surface area contributed by atoms with Crippen LogP contribution in [0, 0.1) is 40.4 Å². The molecule has 0 heterocycles. The molecule has 5 aliphatic carbocycles. The largest absolute Gasteiger partial charge is 0.389 e. The third-order valence-electron chi connectivity index (χ3n) is 7.79. The Morgan fingerprint density at radius 3 is 2.31 bits per heavy atom. The molecule has 1 N–H and O–H groups in total. The minimum absolute atomic E-state index is 0.335. The minimum Gasteiger partial charge on any atom is -0.389 e.